The zero-order valence-electron chi connectivity index (χ0n) is 14.5. The van der Waals surface area contributed by atoms with E-state index in [1.807, 2.05) is 37.3 Å². The minimum atomic E-state index is -0.850. The van der Waals surface area contributed by atoms with Crippen molar-refractivity contribution in [3.05, 3.63) is 71.3 Å². The summed E-state index contributed by atoms with van der Waals surface area (Å²) >= 11 is 0. The molecule has 0 unspecified atom stereocenters. The Morgan fingerprint density at radius 1 is 1.20 bits per heavy atom. The SMILES string of the molecule is C=C(c1ccc(C)c(N)c1)N1CCC(O)(c2ccc(C#N)cc2)CC1. The van der Waals surface area contributed by atoms with Crippen LogP contribution < -0.4 is 5.73 Å². The molecule has 2 aromatic rings. The smallest absolute Gasteiger partial charge is 0.0991 e. The number of nitrogen functional groups attached to an aromatic ring is 1. The Hall–Kier alpha value is -2.77. The molecule has 0 radical (unpaired) electrons. The van der Waals surface area contributed by atoms with Crippen molar-refractivity contribution in [2.24, 2.45) is 0 Å². The van der Waals surface area contributed by atoms with E-state index in [9.17, 15) is 5.11 Å². The Kier molecular flexibility index (Phi) is 4.52. The summed E-state index contributed by atoms with van der Waals surface area (Å²) < 4.78 is 0. The molecule has 0 aromatic heterocycles. The molecule has 0 saturated carbocycles. The van der Waals surface area contributed by atoms with Crippen LogP contribution in [-0.4, -0.2) is 23.1 Å². The number of hydrogen-bond donors (Lipinski definition) is 2. The lowest BCUT2D eigenvalue weighted by Gasteiger charge is -2.40. The Balaban J connectivity index is 1.71. The molecule has 2 aromatic carbocycles. The van der Waals surface area contributed by atoms with Crippen LogP contribution in [0.4, 0.5) is 5.69 Å². The normalized spacial score (nSPS) is 16.3. The summed E-state index contributed by atoms with van der Waals surface area (Å²) in [6, 6.07) is 15.3. The maximum atomic E-state index is 11.0. The number of nitriles is 1. The van der Waals surface area contributed by atoms with Crippen LogP contribution in [0.3, 0.4) is 0 Å². The van der Waals surface area contributed by atoms with Crippen LogP contribution in [0.5, 0.6) is 0 Å². The summed E-state index contributed by atoms with van der Waals surface area (Å²) in [6.45, 7) is 7.65. The van der Waals surface area contributed by atoms with E-state index in [2.05, 4.69) is 17.5 Å². The van der Waals surface area contributed by atoms with Crippen molar-refractivity contribution in [3.8, 4) is 6.07 Å². The average molecular weight is 333 g/mol. The van der Waals surface area contributed by atoms with E-state index >= 15 is 0 Å². The van der Waals surface area contributed by atoms with Crippen molar-refractivity contribution >= 4 is 11.4 Å². The summed E-state index contributed by atoms with van der Waals surface area (Å²) in [5.41, 5.74) is 10.4. The van der Waals surface area contributed by atoms with Gasteiger partial charge in [0.05, 0.1) is 17.2 Å². The monoisotopic (exact) mass is 333 g/mol. The van der Waals surface area contributed by atoms with Gasteiger partial charge < -0.3 is 15.7 Å². The van der Waals surface area contributed by atoms with E-state index in [0.29, 0.717) is 18.4 Å². The van der Waals surface area contributed by atoms with E-state index in [1.165, 1.54) is 0 Å². The highest BCUT2D eigenvalue weighted by molar-refractivity contribution is 5.66. The highest BCUT2D eigenvalue weighted by Gasteiger charge is 2.34. The summed E-state index contributed by atoms with van der Waals surface area (Å²) in [7, 11) is 0. The standard InChI is InChI=1S/C21H23N3O/c1-15-3-6-18(13-20(15)23)16(2)24-11-9-21(25,10-12-24)19-7-4-17(14-22)5-8-19/h3-8,13,25H,2,9-12,23H2,1H3. The molecule has 0 aliphatic carbocycles. The number of likely N-dealkylation sites (tertiary alicyclic amines) is 1. The van der Waals surface area contributed by atoms with Gasteiger partial charge in [-0.2, -0.15) is 5.26 Å². The van der Waals surface area contributed by atoms with Crippen LogP contribution in [-0.2, 0) is 5.60 Å². The molecule has 0 amide bonds. The van der Waals surface area contributed by atoms with Gasteiger partial charge >= 0.3 is 0 Å². The first-order valence-electron chi connectivity index (χ1n) is 8.46. The molecule has 3 rings (SSSR count). The minimum Gasteiger partial charge on any atom is -0.398 e. The van der Waals surface area contributed by atoms with Gasteiger partial charge in [0.15, 0.2) is 0 Å². The van der Waals surface area contributed by atoms with Crippen LogP contribution in [0.15, 0.2) is 49.0 Å². The highest BCUT2D eigenvalue weighted by Crippen LogP contribution is 2.35. The predicted molar refractivity (Wildman–Crippen MR) is 100 cm³/mol. The molecule has 1 aliphatic rings. The fraction of sp³-hybridized carbons (Fsp3) is 0.286. The third-order valence-corrected chi connectivity index (χ3v) is 5.14. The number of piperidine rings is 1. The number of aryl methyl sites for hydroxylation is 1. The number of rotatable bonds is 3. The van der Waals surface area contributed by atoms with Gasteiger partial charge in [-0.25, -0.2) is 0 Å². The van der Waals surface area contributed by atoms with Gasteiger partial charge in [-0.3, -0.25) is 0 Å². The topological polar surface area (TPSA) is 73.3 Å². The fourth-order valence-electron chi connectivity index (χ4n) is 3.29. The molecule has 1 saturated heterocycles. The number of hydrogen-bond acceptors (Lipinski definition) is 4. The summed E-state index contributed by atoms with van der Waals surface area (Å²) in [5.74, 6) is 0. The van der Waals surface area contributed by atoms with Crippen LogP contribution in [0.1, 0.15) is 35.1 Å². The molecule has 3 N–H and O–H groups in total. The highest BCUT2D eigenvalue weighted by atomic mass is 16.3. The molecule has 4 nitrogen and oxygen atoms in total. The van der Waals surface area contributed by atoms with E-state index in [4.69, 9.17) is 11.0 Å². The van der Waals surface area contributed by atoms with E-state index in [-0.39, 0.29) is 0 Å². The maximum absolute atomic E-state index is 11.0. The Labute approximate surface area is 148 Å². The van der Waals surface area contributed by atoms with Gasteiger partial charge in [0.2, 0.25) is 0 Å². The van der Waals surface area contributed by atoms with Gasteiger partial charge in [0.25, 0.3) is 0 Å². The zero-order valence-corrected chi connectivity index (χ0v) is 14.5. The molecule has 0 bridgehead atoms. The molecule has 1 heterocycles. The van der Waals surface area contributed by atoms with Gasteiger partial charge in [-0.05, 0) is 54.7 Å². The van der Waals surface area contributed by atoms with Gasteiger partial charge in [-0.1, -0.05) is 30.8 Å². The maximum Gasteiger partial charge on any atom is 0.0991 e. The van der Waals surface area contributed by atoms with Crippen LogP contribution in [0.25, 0.3) is 5.70 Å². The van der Waals surface area contributed by atoms with E-state index < -0.39 is 5.60 Å². The quantitative estimate of drug-likeness (QED) is 0.844. The first-order chi connectivity index (χ1) is 11.9. The van der Waals surface area contributed by atoms with Crippen molar-refractivity contribution in [1.29, 1.82) is 5.26 Å². The number of benzene rings is 2. The third kappa shape index (κ3) is 3.38. The lowest BCUT2D eigenvalue weighted by molar-refractivity contribution is -0.0139. The largest absolute Gasteiger partial charge is 0.398 e. The lowest BCUT2D eigenvalue weighted by Crippen LogP contribution is -2.41. The molecule has 128 valence electrons. The lowest BCUT2D eigenvalue weighted by atomic mass is 9.84. The predicted octanol–water partition coefficient (Wildman–Crippen LogP) is 3.40. The Bertz CT molecular complexity index is 825. The molecule has 0 spiro atoms. The second kappa shape index (κ2) is 6.62. The van der Waals surface area contributed by atoms with Crippen molar-refractivity contribution in [3.63, 3.8) is 0 Å². The first-order valence-corrected chi connectivity index (χ1v) is 8.46. The fourth-order valence-corrected chi connectivity index (χ4v) is 3.29. The van der Waals surface area contributed by atoms with Crippen LogP contribution in [0.2, 0.25) is 0 Å². The average Bonchev–Trinajstić information content (AvgIpc) is 2.64. The number of aliphatic hydroxyl groups is 1. The van der Waals surface area contributed by atoms with E-state index in [0.717, 1.165) is 41.2 Å². The number of anilines is 1. The Morgan fingerprint density at radius 3 is 2.40 bits per heavy atom. The van der Waals surface area contributed by atoms with Crippen LogP contribution >= 0.6 is 0 Å². The third-order valence-electron chi connectivity index (χ3n) is 5.14. The summed E-state index contributed by atoms with van der Waals surface area (Å²) in [4.78, 5) is 2.20. The number of nitrogens with zero attached hydrogens (tertiary/aromatic N) is 2. The molecular weight excluding hydrogens is 310 g/mol. The minimum absolute atomic E-state index is 0.607. The second-order valence-corrected chi connectivity index (χ2v) is 6.73. The van der Waals surface area contributed by atoms with Crippen molar-refractivity contribution < 1.29 is 5.11 Å². The summed E-state index contributed by atoms with van der Waals surface area (Å²) in [6.07, 6.45) is 1.25. The van der Waals surface area contributed by atoms with Crippen LogP contribution in [0, 0.1) is 18.3 Å². The van der Waals surface area contributed by atoms with Gasteiger partial charge in [0.1, 0.15) is 0 Å². The molecule has 0 atom stereocenters. The molecular formula is C21H23N3O. The Morgan fingerprint density at radius 2 is 1.84 bits per heavy atom. The molecule has 25 heavy (non-hydrogen) atoms. The van der Waals surface area contributed by atoms with Crippen molar-refractivity contribution in [1.82, 2.24) is 4.90 Å². The van der Waals surface area contributed by atoms with Crippen molar-refractivity contribution in [2.75, 3.05) is 18.8 Å². The summed E-state index contributed by atoms with van der Waals surface area (Å²) in [5, 5.41) is 19.9. The van der Waals surface area contributed by atoms with Crippen molar-refractivity contribution in [2.45, 2.75) is 25.4 Å². The zero-order chi connectivity index (χ0) is 18.0. The van der Waals surface area contributed by atoms with Gasteiger partial charge in [-0.15, -0.1) is 0 Å². The molecule has 1 aliphatic heterocycles. The first kappa shape index (κ1) is 17.1. The number of nitrogens with two attached hydrogens (primary N) is 1. The molecule has 4 heteroatoms. The van der Waals surface area contributed by atoms with E-state index in [1.54, 1.807) is 12.1 Å². The van der Waals surface area contributed by atoms with Gasteiger partial charge in [0, 0.05) is 24.5 Å². The second-order valence-electron chi connectivity index (χ2n) is 6.73. The molecule has 1 fully saturated rings.